The highest BCUT2D eigenvalue weighted by Crippen LogP contribution is 2.15. The van der Waals surface area contributed by atoms with Crippen LogP contribution in [0.4, 0.5) is 5.69 Å². The highest BCUT2D eigenvalue weighted by atomic mass is 32.2. The lowest BCUT2D eigenvalue weighted by atomic mass is 10.1. The fourth-order valence-corrected chi connectivity index (χ4v) is 2.70. The second-order valence-electron chi connectivity index (χ2n) is 4.61. The van der Waals surface area contributed by atoms with Crippen molar-refractivity contribution in [2.24, 2.45) is 0 Å². The van der Waals surface area contributed by atoms with Gasteiger partial charge in [-0.25, -0.2) is 0 Å². The minimum atomic E-state index is -3.63. The van der Waals surface area contributed by atoms with Crippen molar-refractivity contribution < 1.29 is 12.6 Å². The molecule has 0 aliphatic rings. The van der Waals surface area contributed by atoms with Gasteiger partial charge in [0.15, 0.2) is 0 Å². The van der Waals surface area contributed by atoms with E-state index in [1.165, 1.54) is 31.4 Å². The van der Waals surface area contributed by atoms with Gasteiger partial charge < -0.3 is 5.73 Å². The Kier molecular flexibility index (Phi) is 6.87. The van der Waals surface area contributed by atoms with Gasteiger partial charge in [-0.15, -0.1) is 0 Å². The van der Waals surface area contributed by atoms with E-state index in [0.29, 0.717) is 5.69 Å². The van der Waals surface area contributed by atoms with Gasteiger partial charge in [-0.1, -0.05) is 39.0 Å². The summed E-state index contributed by atoms with van der Waals surface area (Å²) in [4.78, 5) is 0.160. The summed E-state index contributed by atoms with van der Waals surface area (Å²) in [6, 6.07) is 6.04. The van der Waals surface area contributed by atoms with Gasteiger partial charge in [0, 0.05) is 5.69 Å². The second kappa shape index (κ2) is 8.17. The predicted molar refractivity (Wildman–Crippen MR) is 77.4 cm³/mol. The van der Waals surface area contributed by atoms with Crippen molar-refractivity contribution in [1.29, 1.82) is 0 Å². The normalized spacial score (nSPS) is 11.6. The lowest BCUT2D eigenvalue weighted by Gasteiger charge is -2.06. The third-order valence-corrected chi connectivity index (χ3v) is 4.23. The first kappa shape index (κ1) is 16.0. The van der Waals surface area contributed by atoms with Crippen LogP contribution in [0.2, 0.25) is 0 Å². The van der Waals surface area contributed by atoms with E-state index in [2.05, 4.69) is 6.92 Å². The van der Waals surface area contributed by atoms with E-state index < -0.39 is 10.1 Å². The summed E-state index contributed by atoms with van der Waals surface area (Å²) in [6.45, 7) is 2.42. The molecule has 0 heterocycles. The molecule has 1 rings (SSSR count). The topological polar surface area (TPSA) is 69.4 Å². The number of anilines is 1. The zero-order valence-electron chi connectivity index (χ0n) is 11.5. The number of hydrogen-bond acceptors (Lipinski definition) is 4. The molecular weight excluding hydrogens is 262 g/mol. The van der Waals surface area contributed by atoms with Gasteiger partial charge in [0.25, 0.3) is 10.1 Å². The molecule has 0 aliphatic carbocycles. The SMILES string of the molecule is CCCCCCCCOS(=O)(=O)c1ccc(N)cc1. The smallest absolute Gasteiger partial charge is 0.296 e. The lowest BCUT2D eigenvalue weighted by molar-refractivity contribution is 0.306. The van der Waals surface area contributed by atoms with Crippen LogP contribution in [-0.2, 0) is 14.3 Å². The third-order valence-electron chi connectivity index (χ3n) is 2.91. The van der Waals surface area contributed by atoms with Gasteiger partial charge in [0.05, 0.1) is 11.5 Å². The Morgan fingerprint density at radius 2 is 1.58 bits per heavy atom. The molecule has 19 heavy (non-hydrogen) atoms. The van der Waals surface area contributed by atoms with E-state index in [0.717, 1.165) is 19.3 Å². The van der Waals surface area contributed by atoms with Crippen LogP contribution in [0.3, 0.4) is 0 Å². The Bertz CT molecular complexity index is 454. The van der Waals surface area contributed by atoms with Gasteiger partial charge in [0.1, 0.15) is 0 Å². The van der Waals surface area contributed by atoms with Crippen LogP contribution >= 0.6 is 0 Å². The van der Waals surface area contributed by atoms with Gasteiger partial charge in [-0.2, -0.15) is 8.42 Å². The Morgan fingerprint density at radius 1 is 1.00 bits per heavy atom. The Morgan fingerprint density at radius 3 is 2.21 bits per heavy atom. The van der Waals surface area contributed by atoms with E-state index in [4.69, 9.17) is 9.92 Å². The van der Waals surface area contributed by atoms with Crippen molar-refractivity contribution in [3.05, 3.63) is 24.3 Å². The first-order valence-corrected chi connectivity index (χ1v) is 8.22. The molecule has 2 N–H and O–H groups in total. The summed E-state index contributed by atoms with van der Waals surface area (Å²) >= 11 is 0. The lowest BCUT2D eigenvalue weighted by Crippen LogP contribution is -2.07. The van der Waals surface area contributed by atoms with Crippen molar-refractivity contribution in [3.8, 4) is 0 Å². The Hall–Kier alpha value is -1.07. The zero-order chi connectivity index (χ0) is 14.1. The van der Waals surface area contributed by atoms with Gasteiger partial charge >= 0.3 is 0 Å². The molecule has 0 fully saturated rings. The fourth-order valence-electron chi connectivity index (χ4n) is 1.75. The van der Waals surface area contributed by atoms with Gasteiger partial charge in [0.2, 0.25) is 0 Å². The van der Waals surface area contributed by atoms with E-state index in [-0.39, 0.29) is 11.5 Å². The van der Waals surface area contributed by atoms with Crippen molar-refractivity contribution in [2.45, 2.75) is 50.3 Å². The molecule has 0 spiro atoms. The number of nitrogen functional groups attached to an aromatic ring is 1. The van der Waals surface area contributed by atoms with Crippen LogP contribution < -0.4 is 5.73 Å². The van der Waals surface area contributed by atoms with Crippen LogP contribution in [-0.4, -0.2) is 15.0 Å². The van der Waals surface area contributed by atoms with Crippen LogP contribution in [0.25, 0.3) is 0 Å². The quantitative estimate of drug-likeness (QED) is 0.429. The molecule has 0 atom stereocenters. The van der Waals surface area contributed by atoms with Crippen molar-refractivity contribution in [2.75, 3.05) is 12.3 Å². The van der Waals surface area contributed by atoms with Crippen molar-refractivity contribution in [3.63, 3.8) is 0 Å². The standard InChI is InChI=1S/C14H23NO3S/c1-2-3-4-5-6-7-12-18-19(16,17)14-10-8-13(15)9-11-14/h8-11H,2-7,12,15H2,1H3. The third kappa shape index (κ3) is 6.07. The van der Waals surface area contributed by atoms with E-state index >= 15 is 0 Å². The maximum Gasteiger partial charge on any atom is 0.296 e. The van der Waals surface area contributed by atoms with Gasteiger partial charge in [-0.3, -0.25) is 4.18 Å². The minimum absolute atomic E-state index is 0.160. The Labute approximate surface area is 116 Å². The molecule has 0 bridgehead atoms. The van der Waals surface area contributed by atoms with E-state index in [9.17, 15) is 8.42 Å². The molecule has 0 aromatic heterocycles. The number of nitrogens with two attached hydrogens (primary N) is 1. The monoisotopic (exact) mass is 285 g/mol. The number of unbranched alkanes of at least 4 members (excludes halogenated alkanes) is 5. The average Bonchev–Trinajstić information content (AvgIpc) is 2.38. The van der Waals surface area contributed by atoms with Crippen LogP contribution in [0, 0.1) is 0 Å². The highest BCUT2D eigenvalue weighted by molar-refractivity contribution is 7.86. The molecule has 5 heteroatoms. The molecule has 1 aromatic rings. The predicted octanol–water partition coefficient (Wildman–Crippen LogP) is 3.33. The minimum Gasteiger partial charge on any atom is -0.399 e. The fraction of sp³-hybridized carbons (Fsp3) is 0.571. The summed E-state index contributed by atoms with van der Waals surface area (Å²) in [6.07, 6.45) is 6.59. The van der Waals surface area contributed by atoms with Crippen LogP contribution in [0.15, 0.2) is 29.2 Å². The Balaban J connectivity index is 2.29. The molecule has 0 aliphatic heterocycles. The van der Waals surface area contributed by atoms with Gasteiger partial charge in [-0.05, 0) is 30.7 Å². The molecule has 0 saturated heterocycles. The van der Waals surface area contributed by atoms with Crippen LogP contribution in [0.5, 0.6) is 0 Å². The van der Waals surface area contributed by atoms with Crippen molar-refractivity contribution >= 4 is 15.8 Å². The molecule has 1 aromatic carbocycles. The van der Waals surface area contributed by atoms with Crippen molar-refractivity contribution in [1.82, 2.24) is 0 Å². The first-order chi connectivity index (χ1) is 9.06. The molecule has 0 saturated carbocycles. The van der Waals surface area contributed by atoms with E-state index in [1.807, 2.05) is 0 Å². The maximum absolute atomic E-state index is 11.8. The summed E-state index contributed by atoms with van der Waals surface area (Å²) in [7, 11) is -3.63. The molecule has 4 nitrogen and oxygen atoms in total. The maximum atomic E-state index is 11.8. The molecule has 108 valence electrons. The zero-order valence-corrected chi connectivity index (χ0v) is 12.3. The van der Waals surface area contributed by atoms with Crippen LogP contribution in [0.1, 0.15) is 45.4 Å². The van der Waals surface area contributed by atoms with E-state index in [1.54, 1.807) is 12.1 Å². The summed E-state index contributed by atoms with van der Waals surface area (Å²) in [5, 5.41) is 0. The highest BCUT2D eigenvalue weighted by Gasteiger charge is 2.14. The molecular formula is C14H23NO3S. The molecule has 0 radical (unpaired) electrons. The number of rotatable bonds is 9. The summed E-state index contributed by atoms with van der Waals surface area (Å²) < 4.78 is 28.6. The summed E-state index contributed by atoms with van der Waals surface area (Å²) in [5.41, 5.74) is 6.05. The molecule has 0 amide bonds. The number of hydrogen-bond donors (Lipinski definition) is 1. The average molecular weight is 285 g/mol. The largest absolute Gasteiger partial charge is 0.399 e. The summed E-state index contributed by atoms with van der Waals surface area (Å²) in [5.74, 6) is 0. The second-order valence-corrected chi connectivity index (χ2v) is 6.23. The molecule has 0 unspecified atom stereocenters. The number of benzene rings is 1. The first-order valence-electron chi connectivity index (χ1n) is 6.81.